The number of nitrogens with zero attached hydrogens (tertiary/aromatic N) is 2. The fraction of sp³-hybridized carbons (Fsp3) is 0.100. The van der Waals surface area contributed by atoms with Crippen LogP contribution >= 0.6 is 0 Å². The van der Waals surface area contributed by atoms with E-state index in [0.717, 1.165) is 16.7 Å². The van der Waals surface area contributed by atoms with Crippen LogP contribution in [0.4, 0.5) is 0 Å². The Hall–Kier alpha value is -4.16. The van der Waals surface area contributed by atoms with Gasteiger partial charge < -0.3 is 4.74 Å². The maximum Gasteiger partial charge on any atom is 0.266 e. The molecule has 0 amide bonds. The molecule has 1 atom stereocenters. The quantitative estimate of drug-likeness (QED) is 0.319. The molecule has 4 aromatic carbocycles. The van der Waals surface area contributed by atoms with E-state index in [-0.39, 0.29) is 4.90 Å². The Kier molecular flexibility index (Phi) is 6.44. The summed E-state index contributed by atoms with van der Waals surface area (Å²) in [5.41, 5.74) is 4.14. The Morgan fingerprint density at radius 1 is 0.750 bits per heavy atom. The van der Waals surface area contributed by atoms with Gasteiger partial charge in [0.05, 0.1) is 23.7 Å². The highest BCUT2D eigenvalue weighted by molar-refractivity contribution is 7.89. The number of benzene rings is 4. The average Bonchev–Trinajstić information content (AvgIpc) is 2.93. The minimum Gasteiger partial charge on any atom is -0.497 e. The second kappa shape index (κ2) is 9.84. The molecule has 0 saturated carbocycles. The van der Waals surface area contributed by atoms with Crippen LogP contribution in [0.2, 0.25) is 0 Å². The van der Waals surface area contributed by atoms with Gasteiger partial charge in [0.1, 0.15) is 5.75 Å². The van der Waals surface area contributed by atoms with Crippen LogP contribution in [-0.4, -0.2) is 25.7 Å². The van der Waals surface area contributed by atoms with Crippen LogP contribution in [-0.2, 0) is 10.0 Å². The molecule has 4 aromatic rings. The lowest BCUT2D eigenvalue weighted by molar-refractivity contribution is 0.414. The summed E-state index contributed by atoms with van der Waals surface area (Å²) in [6, 6.07) is 33.1. The number of hydrogen-bond acceptors (Lipinski definition) is 4. The Labute approximate surface area is 212 Å². The van der Waals surface area contributed by atoms with Crippen molar-refractivity contribution in [1.29, 1.82) is 0 Å². The molecule has 1 aliphatic rings. The second-order valence-corrected chi connectivity index (χ2v) is 10.4. The van der Waals surface area contributed by atoms with Crippen molar-refractivity contribution in [1.82, 2.24) is 4.31 Å². The Bertz CT molecular complexity index is 1510. The van der Waals surface area contributed by atoms with E-state index in [1.165, 1.54) is 4.31 Å². The van der Waals surface area contributed by atoms with E-state index >= 15 is 0 Å². The molecular formula is C30H26N2O3S. The molecule has 5 rings (SSSR count). The molecule has 5 nitrogen and oxygen atoms in total. The number of aryl methyl sites for hydroxylation is 1. The predicted molar refractivity (Wildman–Crippen MR) is 143 cm³/mol. The normalized spacial score (nSPS) is 15.7. The summed E-state index contributed by atoms with van der Waals surface area (Å²) in [4.78, 5) is 5.14. The summed E-state index contributed by atoms with van der Waals surface area (Å²) in [5, 5.41) is 0. The van der Waals surface area contributed by atoms with Crippen molar-refractivity contribution in [2.45, 2.75) is 17.9 Å². The molecule has 1 heterocycles. The lowest BCUT2D eigenvalue weighted by Crippen LogP contribution is -2.41. The van der Waals surface area contributed by atoms with Gasteiger partial charge in [0.2, 0.25) is 0 Å². The van der Waals surface area contributed by atoms with Gasteiger partial charge in [-0.3, -0.25) is 0 Å². The van der Waals surface area contributed by atoms with Gasteiger partial charge in [0, 0.05) is 5.56 Å². The Balaban J connectivity index is 1.75. The van der Waals surface area contributed by atoms with Crippen LogP contribution in [0.25, 0.3) is 5.70 Å². The molecule has 180 valence electrons. The van der Waals surface area contributed by atoms with Gasteiger partial charge in [0.25, 0.3) is 10.0 Å². The maximum atomic E-state index is 14.2. The van der Waals surface area contributed by atoms with Gasteiger partial charge in [-0.25, -0.2) is 17.7 Å². The number of amidine groups is 1. The van der Waals surface area contributed by atoms with Crippen molar-refractivity contribution < 1.29 is 13.2 Å². The van der Waals surface area contributed by atoms with Crippen LogP contribution in [0.5, 0.6) is 5.75 Å². The summed E-state index contributed by atoms with van der Waals surface area (Å²) in [5.74, 6) is 1.04. The largest absolute Gasteiger partial charge is 0.497 e. The van der Waals surface area contributed by atoms with E-state index in [1.54, 1.807) is 19.2 Å². The fourth-order valence-electron chi connectivity index (χ4n) is 4.22. The molecule has 1 aliphatic heterocycles. The van der Waals surface area contributed by atoms with E-state index in [0.29, 0.717) is 22.8 Å². The number of ether oxygens (including phenoxy) is 1. The van der Waals surface area contributed by atoms with Gasteiger partial charge in [-0.2, -0.15) is 0 Å². The Morgan fingerprint density at radius 3 is 1.97 bits per heavy atom. The van der Waals surface area contributed by atoms with Crippen LogP contribution in [0.15, 0.2) is 125 Å². The van der Waals surface area contributed by atoms with Gasteiger partial charge in [-0.15, -0.1) is 0 Å². The number of methoxy groups -OCH3 is 1. The monoisotopic (exact) mass is 494 g/mol. The van der Waals surface area contributed by atoms with Gasteiger partial charge in [-0.05, 0) is 60.5 Å². The van der Waals surface area contributed by atoms with E-state index in [4.69, 9.17) is 9.73 Å². The molecule has 36 heavy (non-hydrogen) atoms. The van der Waals surface area contributed by atoms with E-state index in [1.807, 2.05) is 110 Å². The molecule has 6 heteroatoms. The lowest BCUT2D eigenvalue weighted by atomic mass is 10.0. The smallest absolute Gasteiger partial charge is 0.266 e. The SMILES string of the molecule is COc1ccc(C2=NC(c3ccccc3)=CC(c3ccccc3)N2S(=O)(=O)c2ccc(C)cc2)cc1. The summed E-state index contributed by atoms with van der Waals surface area (Å²) >= 11 is 0. The minimum absolute atomic E-state index is 0.215. The summed E-state index contributed by atoms with van der Waals surface area (Å²) < 4.78 is 35.2. The van der Waals surface area contributed by atoms with Gasteiger partial charge >= 0.3 is 0 Å². The van der Waals surface area contributed by atoms with Crippen molar-refractivity contribution >= 4 is 21.6 Å². The molecular weight excluding hydrogens is 468 g/mol. The highest BCUT2D eigenvalue weighted by Gasteiger charge is 2.37. The molecule has 0 radical (unpaired) electrons. The zero-order chi connectivity index (χ0) is 25.1. The molecule has 0 bridgehead atoms. The number of sulfonamides is 1. The minimum atomic E-state index is -3.97. The van der Waals surface area contributed by atoms with E-state index in [9.17, 15) is 8.42 Å². The average molecular weight is 495 g/mol. The first-order chi connectivity index (χ1) is 17.5. The summed E-state index contributed by atoms with van der Waals surface area (Å²) in [6.07, 6.45) is 1.92. The van der Waals surface area contributed by atoms with Crippen molar-refractivity contribution in [3.8, 4) is 5.75 Å². The fourth-order valence-corrected chi connectivity index (χ4v) is 5.78. The molecule has 0 saturated heterocycles. The third-order valence-electron chi connectivity index (χ3n) is 6.14. The first-order valence-corrected chi connectivity index (χ1v) is 13.1. The molecule has 1 unspecified atom stereocenters. The summed E-state index contributed by atoms with van der Waals surface area (Å²) in [6.45, 7) is 1.93. The molecule has 0 fully saturated rings. The number of rotatable bonds is 6. The Morgan fingerprint density at radius 2 is 1.36 bits per heavy atom. The van der Waals surface area contributed by atoms with E-state index in [2.05, 4.69) is 0 Å². The highest BCUT2D eigenvalue weighted by Crippen LogP contribution is 2.38. The first kappa shape index (κ1) is 23.6. The standard InChI is InChI=1S/C30H26N2O3S/c1-22-13-19-27(20-14-22)36(33,34)32-29(24-11-7-4-8-12-24)21-28(23-9-5-3-6-10-23)31-30(32)25-15-17-26(35-2)18-16-25/h3-21,29H,1-2H3. The second-order valence-electron chi connectivity index (χ2n) is 8.55. The predicted octanol–water partition coefficient (Wildman–Crippen LogP) is 6.24. The lowest BCUT2D eigenvalue weighted by Gasteiger charge is -2.35. The van der Waals surface area contributed by atoms with Crippen molar-refractivity contribution in [2.24, 2.45) is 4.99 Å². The van der Waals surface area contributed by atoms with Crippen molar-refractivity contribution in [3.05, 3.63) is 138 Å². The third kappa shape index (κ3) is 4.55. The van der Waals surface area contributed by atoms with E-state index < -0.39 is 16.1 Å². The molecule has 0 spiro atoms. The van der Waals surface area contributed by atoms with Crippen molar-refractivity contribution in [3.63, 3.8) is 0 Å². The zero-order valence-electron chi connectivity index (χ0n) is 20.1. The zero-order valence-corrected chi connectivity index (χ0v) is 20.9. The van der Waals surface area contributed by atoms with Crippen LogP contribution in [0.3, 0.4) is 0 Å². The van der Waals surface area contributed by atoms with Gasteiger partial charge in [0.15, 0.2) is 5.84 Å². The van der Waals surface area contributed by atoms with Gasteiger partial charge in [-0.1, -0.05) is 78.4 Å². The first-order valence-electron chi connectivity index (χ1n) is 11.6. The summed E-state index contributed by atoms with van der Waals surface area (Å²) in [7, 11) is -2.37. The van der Waals surface area contributed by atoms with Crippen LogP contribution in [0, 0.1) is 6.92 Å². The topological polar surface area (TPSA) is 59.0 Å². The molecule has 0 N–H and O–H groups in total. The van der Waals surface area contributed by atoms with Crippen LogP contribution in [0.1, 0.15) is 28.3 Å². The molecule has 0 aliphatic carbocycles. The number of aliphatic imine (C=N–C) groups is 1. The number of hydrogen-bond donors (Lipinski definition) is 0. The van der Waals surface area contributed by atoms with Crippen LogP contribution < -0.4 is 4.74 Å². The van der Waals surface area contributed by atoms with Crippen molar-refractivity contribution in [2.75, 3.05) is 7.11 Å². The molecule has 0 aromatic heterocycles. The third-order valence-corrected chi connectivity index (χ3v) is 7.93. The maximum absolute atomic E-state index is 14.2. The highest BCUT2D eigenvalue weighted by atomic mass is 32.2.